The molecule has 0 fully saturated rings. The molecule has 0 atom stereocenters. The van der Waals surface area contributed by atoms with Gasteiger partial charge in [0.25, 0.3) is 5.56 Å². The Morgan fingerprint density at radius 1 is 1.26 bits per heavy atom. The zero-order valence-corrected chi connectivity index (χ0v) is 13.2. The van der Waals surface area contributed by atoms with Gasteiger partial charge in [0.2, 0.25) is 18.7 Å². The largest absolute Gasteiger partial charge is 0.281 e. The van der Waals surface area contributed by atoms with Crippen molar-refractivity contribution < 1.29 is 13.2 Å². The second kappa shape index (κ2) is 7.06. The highest BCUT2D eigenvalue weighted by atomic mass is 35.5. The summed E-state index contributed by atoms with van der Waals surface area (Å²) in [6.45, 7) is 0.0603. The van der Waals surface area contributed by atoms with Gasteiger partial charge in [-0.2, -0.15) is 4.39 Å². The van der Waals surface area contributed by atoms with Gasteiger partial charge in [0, 0.05) is 17.4 Å². The molecule has 0 spiro atoms. The van der Waals surface area contributed by atoms with Gasteiger partial charge < -0.3 is 0 Å². The molecule has 23 heavy (non-hydrogen) atoms. The maximum atomic E-state index is 13.9. The first-order valence-electron chi connectivity index (χ1n) is 6.23. The van der Waals surface area contributed by atoms with E-state index in [-0.39, 0.29) is 5.78 Å². The number of alkyl halides is 2. The lowest BCUT2D eigenvalue weighted by atomic mass is 10.2. The molecule has 0 aliphatic rings. The molecule has 0 saturated carbocycles. The number of fused-ring (bicyclic) bond motifs is 1. The predicted molar refractivity (Wildman–Crippen MR) is 82.6 cm³/mol. The number of imidazole rings is 1. The summed E-state index contributed by atoms with van der Waals surface area (Å²) in [7, 11) is 0. The Morgan fingerprint density at radius 3 is 2.52 bits per heavy atom. The normalized spacial score (nSPS) is 10.5. The maximum absolute atomic E-state index is 13.9. The van der Waals surface area contributed by atoms with E-state index in [1.54, 1.807) is 18.2 Å². The Bertz CT molecular complexity index is 908. The third kappa shape index (κ3) is 3.20. The lowest BCUT2D eigenvalue weighted by Gasteiger charge is -2.10. The van der Waals surface area contributed by atoms with Gasteiger partial charge in [-0.05, 0) is 30.7 Å². The smallest absolute Gasteiger partial charge is 0.267 e. The number of hydrogen-bond donors (Lipinski definition) is 0. The Kier molecular flexibility index (Phi) is 5.33. The van der Waals surface area contributed by atoms with E-state index >= 15 is 0 Å². The van der Waals surface area contributed by atoms with Gasteiger partial charge in [0.05, 0.1) is 5.69 Å². The molecular weight excluding hydrogens is 354 g/mol. The zero-order valence-electron chi connectivity index (χ0n) is 11.7. The Morgan fingerprint density at radius 2 is 1.91 bits per heavy atom. The lowest BCUT2D eigenvalue weighted by Crippen LogP contribution is -2.23. The van der Waals surface area contributed by atoms with Crippen LogP contribution in [-0.4, -0.2) is 20.9 Å². The van der Waals surface area contributed by atoms with E-state index in [9.17, 15) is 18.0 Å². The molecule has 0 amide bonds. The molecule has 2 aromatic heterocycles. The molecule has 9 heteroatoms. The predicted octanol–water partition coefficient (Wildman–Crippen LogP) is 4.12. The van der Waals surface area contributed by atoms with Crippen molar-refractivity contribution in [1.29, 1.82) is 0 Å². The molecule has 3 rings (SSSR count). The number of benzene rings is 1. The average molecular weight is 364 g/mol. The van der Waals surface area contributed by atoms with Crippen molar-refractivity contribution in [3.05, 3.63) is 62.5 Å². The van der Waals surface area contributed by atoms with Crippen molar-refractivity contribution in [1.82, 2.24) is 14.0 Å². The van der Waals surface area contributed by atoms with Crippen LogP contribution in [0.15, 0.2) is 35.4 Å². The summed E-state index contributed by atoms with van der Waals surface area (Å²) in [5.41, 5.74) is 0.654. The van der Waals surface area contributed by atoms with E-state index in [2.05, 4.69) is 4.98 Å². The molecule has 0 aliphatic heterocycles. The van der Waals surface area contributed by atoms with Crippen LogP contribution in [0.25, 0.3) is 11.5 Å². The van der Waals surface area contributed by atoms with Crippen molar-refractivity contribution in [3.63, 3.8) is 0 Å². The van der Waals surface area contributed by atoms with Gasteiger partial charge in [0.1, 0.15) is 0 Å². The third-order valence-electron chi connectivity index (χ3n) is 3.00. The summed E-state index contributed by atoms with van der Waals surface area (Å²) in [5.74, 6) is -0.676. The molecule has 0 unspecified atom stereocenters. The van der Waals surface area contributed by atoms with Crippen molar-refractivity contribution in [2.24, 2.45) is 0 Å². The van der Waals surface area contributed by atoms with E-state index < -0.39 is 23.5 Å². The minimum atomic E-state index is -1.75. The van der Waals surface area contributed by atoms with E-state index in [0.29, 0.717) is 10.7 Å². The second-order valence-electron chi connectivity index (χ2n) is 4.38. The van der Waals surface area contributed by atoms with Gasteiger partial charge in [-0.15, -0.1) is 0 Å². The fourth-order valence-electron chi connectivity index (χ4n) is 2.00. The van der Waals surface area contributed by atoms with Gasteiger partial charge in [-0.1, -0.05) is 23.2 Å². The highest BCUT2D eigenvalue weighted by Crippen LogP contribution is 2.20. The molecule has 2 heterocycles. The molecule has 0 N–H and O–H groups in total. The number of halogens is 5. The van der Waals surface area contributed by atoms with Crippen molar-refractivity contribution >= 4 is 29.0 Å². The fourth-order valence-corrected chi connectivity index (χ4v) is 2.29. The Hall–Kier alpha value is -1.99. The standard InChI is InChI=1S/C13H8Cl2FN3O.CH2F2/c1-7-6-8(2-3-9(7)14)19-12(20)10(15)11(16)18-5-4-17-13(18)19;2-1-3/h2-6H,1H3;1H2. The topological polar surface area (TPSA) is 39.3 Å². The molecule has 0 radical (unpaired) electrons. The number of aromatic nitrogens is 3. The van der Waals surface area contributed by atoms with Crippen LogP contribution in [-0.2, 0) is 0 Å². The molecule has 0 aliphatic carbocycles. The van der Waals surface area contributed by atoms with E-state index in [4.69, 9.17) is 23.2 Å². The maximum Gasteiger partial charge on any atom is 0.281 e. The number of hydrogen-bond acceptors (Lipinski definition) is 2. The number of aryl methyl sites for hydroxylation is 1. The first-order chi connectivity index (χ1) is 10.9. The monoisotopic (exact) mass is 363 g/mol. The second-order valence-corrected chi connectivity index (χ2v) is 5.16. The number of rotatable bonds is 1. The van der Waals surface area contributed by atoms with Crippen molar-refractivity contribution in [2.45, 2.75) is 6.92 Å². The average Bonchev–Trinajstić information content (AvgIpc) is 2.99. The highest BCUT2D eigenvalue weighted by Gasteiger charge is 2.17. The lowest BCUT2D eigenvalue weighted by molar-refractivity contribution is 0.295. The van der Waals surface area contributed by atoms with Gasteiger partial charge in [-0.3, -0.25) is 9.20 Å². The zero-order chi connectivity index (χ0) is 17.1. The van der Waals surface area contributed by atoms with Crippen LogP contribution in [0.3, 0.4) is 0 Å². The summed E-state index contributed by atoms with van der Waals surface area (Å²) in [6.07, 6.45) is 2.79. The third-order valence-corrected chi connectivity index (χ3v) is 3.75. The van der Waals surface area contributed by atoms with Crippen LogP contribution < -0.4 is 5.56 Å². The molecule has 3 aromatic rings. The summed E-state index contributed by atoms with van der Waals surface area (Å²) in [4.78, 5) is 16.2. The van der Waals surface area contributed by atoms with Crippen LogP contribution in [0.1, 0.15) is 5.56 Å². The quantitative estimate of drug-likeness (QED) is 0.610. The SMILES string of the molecule is Cc1cc(-n2c(=O)c(Cl)c(F)n3ccnc23)ccc1Cl.FCF. The highest BCUT2D eigenvalue weighted by molar-refractivity contribution is 6.31. The van der Waals surface area contributed by atoms with Gasteiger partial charge in [0.15, 0.2) is 5.02 Å². The first kappa shape index (κ1) is 17.4. The summed E-state index contributed by atoms with van der Waals surface area (Å²) >= 11 is 11.7. The van der Waals surface area contributed by atoms with Crippen molar-refractivity contribution in [3.8, 4) is 5.69 Å². The Balaban J connectivity index is 0.000000595. The fraction of sp³-hybridized carbons (Fsp3) is 0.143. The molecular formula is C14H10Cl2F3N3O. The van der Waals surface area contributed by atoms with E-state index in [1.165, 1.54) is 17.0 Å². The molecule has 122 valence electrons. The summed E-state index contributed by atoms with van der Waals surface area (Å²) in [6, 6.07) is 5.03. The minimum absolute atomic E-state index is 0.152. The summed E-state index contributed by atoms with van der Waals surface area (Å²) < 4.78 is 35.5. The van der Waals surface area contributed by atoms with Crippen LogP contribution in [0.5, 0.6) is 0 Å². The van der Waals surface area contributed by atoms with Crippen molar-refractivity contribution in [2.75, 3.05) is 6.93 Å². The minimum Gasteiger partial charge on any atom is -0.267 e. The van der Waals surface area contributed by atoms with E-state index in [1.807, 2.05) is 6.92 Å². The first-order valence-corrected chi connectivity index (χ1v) is 6.99. The van der Waals surface area contributed by atoms with Crippen LogP contribution >= 0.6 is 23.2 Å². The van der Waals surface area contributed by atoms with Crippen LogP contribution in [0, 0.1) is 12.9 Å². The van der Waals surface area contributed by atoms with Crippen LogP contribution in [0.2, 0.25) is 10.0 Å². The summed E-state index contributed by atoms with van der Waals surface area (Å²) in [5, 5.41) is 0.0949. The van der Waals surface area contributed by atoms with Crippen LogP contribution in [0.4, 0.5) is 13.2 Å². The van der Waals surface area contributed by atoms with Gasteiger partial charge in [-0.25, -0.2) is 18.3 Å². The Labute approximate surface area is 138 Å². The molecule has 0 saturated heterocycles. The molecule has 0 bridgehead atoms. The molecule has 4 nitrogen and oxygen atoms in total. The van der Waals surface area contributed by atoms with E-state index in [0.717, 1.165) is 9.96 Å². The molecule has 1 aromatic carbocycles. The number of nitrogens with zero attached hydrogens (tertiary/aromatic N) is 3. The van der Waals surface area contributed by atoms with Gasteiger partial charge >= 0.3 is 0 Å².